The Kier molecular flexibility index (Phi) is 5.55. The minimum Gasteiger partial charge on any atom is -0.321 e. The van der Waals surface area contributed by atoms with Gasteiger partial charge < -0.3 is 5.32 Å². The fourth-order valence-electron chi connectivity index (χ4n) is 2.00. The third kappa shape index (κ3) is 4.31. The van der Waals surface area contributed by atoms with E-state index in [9.17, 15) is 4.79 Å². The van der Waals surface area contributed by atoms with E-state index in [1.807, 2.05) is 38.1 Å². The van der Waals surface area contributed by atoms with Crippen LogP contribution >= 0.6 is 11.8 Å². The molecule has 0 fully saturated rings. The number of aromatic nitrogens is 2. The lowest BCUT2D eigenvalue weighted by Gasteiger charge is -2.09. The molecule has 1 aromatic heterocycles. The van der Waals surface area contributed by atoms with Gasteiger partial charge >= 0.3 is 0 Å². The van der Waals surface area contributed by atoms with E-state index in [0.29, 0.717) is 16.8 Å². The van der Waals surface area contributed by atoms with E-state index >= 15 is 0 Å². The second kappa shape index (κ2) is 7.40. The van der Waals surface area contributed by atoms with Gasteiger partial charge in [0, 0.05) is 11.4 Å². The molecule has 0 aliphatic rings. The van der Waals surface area contributed by atoms with Gasteiger partial charge in [0.05, 0.1) is 0 Å². The SMILES string of the molecule is CCSc1nc(C)cc(C(=O)Nc2ccc(C(C)C)cc2)n1. The number of benzene rings is 1. The number of rotatable bonds is 5. The Morgan fingerprint density at radius 1 is 1.23 bits per heavy atom. The second-order valence-electron chi connectivity index (χ2n) is 5.34. The smallest absolute Gasteiger partial charge is 0.274 e. The first-order valence-electron chi connectivity index (χ1n) is 7.39. The van der Waals surface area contributed by atoms with Gasteiger partial charge in [0.2, 0.25) is 0 Å². The Morgan fingerprint density at radius 3 is 2.50 bits per heavy atom. The molecule has 0 unspecified atom stereocenters. The van der Waals surface area contributed by atoms with Crippen LogP contribution < -0.4 is 5.32 Å². The maximum atomic E-state index is 12.3. The Bertz CT molecular complexity index is 653. The van der Waals surface area contributed by atoms with Crippen LogP contribution in [0.4, 0.5) is 5.69 Å². The molecule has 116 valence electrons. The van der Waals surface area contributed by atoms with Crippen LogP contribution in [0, 0.1) is 6.92 Å². The number of nitrogens with one attached hydrogen (secondary N) is 1. The molecule has 0 saturated heterocycles. The van der Waals surface area contributed by atoms with E-state index < -0.39 is 0 Å². The summed E-state index contributed by atoms with van der Waals surface area (Å²) in [7, 11) is 0. The largest absolute Gasteiger partial charge is 0.321 e. The van der Waals surface area contributed by atoms with Gasteiger partial charge in [0.1, 0.15) is 5.69 Å². The zero-order valence-corrected chi connectivity index (χ0v) is 14.2. The van der Waals surface area contributed by atoms with Crippen molar-refractivity contribution in [3.8, 4) is 0 Å². The van der Waals surface area contributed by atoms with Crippen molar-refractivity contribution in [3.63, 3.8) is 0 Å². The van der Waals surface area contributed by atoms with Gasteiger partial charge in [-0.2, -0.15) is 0 Å². The van der Waals surface area contributed by atoms with Crippen LogP contribution in [0.3, 0.4) is 0 Å². The molecule has 4 nitrogen and oxygen atoms in total. The van der Waals surface area contributed by atoms with Crippen LogP contribution in [0.5, 0.6) is 0 Å². The third-order valence-electron chi connectivity index (χ3n) is 3.17. The molecule has 0 bridgehead atoms. The average molecular weight is 315 g/mol. The highest BCUT2D eigenvalue weighted by Crippen LogP contribution is 2.18. The molecule has 1 heterocycles. The number of nitrogens with zero attached hydrogens (tertiary/aromatic N) is 2. The molecule has 22 heavy (non-hydrogen) atoms. The average Bonchev–Trinajstić information content (AvgIpc) is 2.47. The zero-order valence-electron chi connectivity index (χ0n) is 13.4. The molecule has 0 aliphatic carbocycles. The molecule has 5 heteroatoms. The second-order valence-corrected chi connectivity index (χ2v) is 6.57. The summed E-state index contributed by atoms with van der Waals surface area (Å²) in [4.78, 5) is 21.0. The van der Waals surface area contributed by atoms with E-state index in [2.05, 4.69) is 29.1 Å². The Hall–Kier alpha value is -1.88. The predicted molar refractivity (Wildman–Crippen MR) is 91.7 cm³/mol. The minimum atomic E-state index is -0.208. The number of thioether (sulfide) groups is 1. The van der Waals surface area contributed by atoms with Gasteiger partial charge in [0.15, 0.2) is 5.16 Å². The lowest BCUT2D eigenvalue weighted by molar-refractivity contribution is 0.102. The van der Waals surface area contributed by atoms with Crippen LogP contribution in [-0.4, -0.2) is 21.6 Å². The minimum absolute atomic E-state index is 0.208. The maximum absolute atomic E-state index is 12.3. The molecule has 0 spiro atoms. The fraction of sp³-hybridized carbons (Fsp3) is 0.353. The number of carbonyl (C=O) groups excluding carboxylic acids is 1. The van der Waals surface area contributed by atoms with Crippen LogP contribution in [0.1, 0.15) is 48.4 Å². The van der Waals surface area contributed by atoms with Gasteiger partial charge in [-0.1, -0.05) is 44.7 Å². The molecular formula is C17H21N3OS. The topological polar surface area (TPSA) is 54.9 Å². The summed E-state index contributed by atoms with van der Waals surface area (Å²) >= 11 is 1.53. The first-order chi connectivity index (χ1) is 10.5. The third-order valence-corrected chi connectivity index (χ3v) is 3.90. The van der Waals surface area contributed by atoms with Crippen molar-refractivity contribution in [1.82, 2.24) is 9.97 Å². The van der Waals surface area contributed by atoms with E-state index in [0.717, 1.165) is 17.1 Å². The summed E-state index contributed by atoms with van der Waals surface area (Å²) in [6.07, 6.45) is 0. The number of hydrogen-bond donors (Lipinski definition) is 1. The van der Waals surface area contributed by atoms with Crippen molar-refractivity contribution < 1.29 is 4.79 Å². The van der Waals surface area contributed by atoms with Gasteiger partial charge in [-0.3, -0.25) is 4.79 Å². The van der Waals surface area contributed by atoms with Crippen LogP contribution in [-0.2, 0) is 0 Å². The molecule has 0 atom stereocenters. The molecular weight excluding hydrogens is 294 g/mol. The number of amides is 1. The lowest BCUT2D eigenvalue weighted by atomic mass is 10.0. The van der Waals surface area contributed by atoms with E-state index in [4.69, 9.17) is 0 Å². The van der Waals surface area contributed by atoms with E-state index in [1.54, 1.807) is 6.07 Å². The Morgan fingerprint density at radius 2 is 1.91 bits per heavy atom. The number of aryl methyl sites for hydroxylation is 1. The maximum Gasteiger partial charge on any atom is 0.274 e. The highest BCUT2D eigenvalue weighted by atomic mass is 32.2. The van der Waals surface area contributed by atoms with Gasteiger partial charge in [0.25, 0.3) is 5.91 Å². The summed E-state index contributed by atoms with van der Waals surface area (Å²) in [5, 5.41) is 3.52. The standard InChI is InChI=1S/C17H21N3OS/c1-5-22-17-18-12(4)10-15(20-17)16(21)19-14-8-6-13(7-9-14)11(2)3/h6-11H,5H2,1-4H3,(H,19,21). The number of carbonyl (C=O) groups is 1. The molecule has 1 aromatic carbocycles. The monoisotopic (exact) mass is 315 g/mol. The highest BCUT2D eigenvalue weighted by Gasteiger charge is 2.11. The van der Waals surface area contributed by atoms with Crippen LogP contribution in [0.2, 0.25) is 0 Å². The van der Waals surface area contributed by atoms with Crippen molar-refractivity contribution in [3.05, 3.63) is 47.3 Å². The van der Waals surface area contributed by atoms with Crippen molar-refractivity contribution >= 4 is 23.4 Å². The molecule has 0 radical (unpaired) electrons. The molecule has 0 aliphatic heterocycles. The molecule has 2 rings (SSSR count). The van der Waals surface area contributed by atoms with Crippen molar-refractivity contribution in [2.45, 2.75) is 38.8 Å². The lowest BCUT2D eigenvalue weighted by Crippen LogP contribution is -2.15. The first-order valence-corrected chi connectivity index (χ1v) is 8.38. The number of hydrogen-bond acceptors (Lipinski definition) is 4. The van der Waals surface area contributed by atoms with Crippen molar-refractivity contribution in [2.24, 2.45) is 0 Å². The summed E-state index contributed by atoms with van der Waals surface area (Å²) < 4.78 is 0. The van der Waals surface area contributed by atoms with Crippen molar-refractivity contribution in [2.75, 3.05) is 11.1 Å². The summed E-state index contributed by atoms with van der Waals surface area (Å²) in [6, 6.07) is 9.61. The number of anilines is 1. The Balaban J connectivity index is 2.14. The molecule has 1 N–H and O–H groups in total. The van der Waals surface area contributed by atoms with E-state index in [-0.39, 0.29) is 5.91 Å². The summed E-state index contributed by atoms with van der Waals surface area (Å²) in [5.74, 6) is 1.14. The Labute approximate surface area is 135 Å². The highest BCUT2D eigenvalue weighted by molar-refractivity contribution is 7.99. The summed E-state index contributed by atoms with van der Waals surface area (Å²) in [5.41, 5.74) is 3.22. The van der Waals surface area contributed by atoms with Gasteiger partial charge in [-0.15, -0.1) is 0 Å². The summed E-state index contributed by atoms with van der Waals surface area (Å²) in [6.45, 7) is 8.19. The first kappa shape index (κ1) is 16.5. The molecule has 1 amide bonds. The van der Waals surface area contributed by atoms with Crippen molar-refractivity contribution in [1.29, 1.82) is 0 Å². The molecule has 2 aromatic rings. The quantitative estimate of drug-likeness (QED) is 0.661. The van der Waals surface area contributed by atoms with Crippen LogP contribution in [0.15, 0.2) is 35.5 Å². The van der Waals surface area contributed by atoms with Gasteiger partial charge in [-0.05, 0) is 42.4 Å². The zero-order chi connectivity index (χ0) is 16.1. The van der Waals surface area contributed by atoms with E-state index in [1.165, 1.54) is 17.3 Å². The van der Waals surface area contributed by atoms with Gasteiger partial charge in [-0.25, -0.2) is 9.97 Å². The normalized spacial score (nSPS) is 10.8. The fourth-order valence-corrected chi connectivity index (χ4v) is 2.63. The van der Waals surface area contributed by atoms with Crippen LogP contribution in [0.25, 0.3) is 0 Å². The molecule has 0 saturated carbocycles. The predicted octanol–water partition coefficient (Wildman–Crippen LogP) is 4.27.